The van der Waals surface area contributed by atoms with E-state index in [4.69, 9.17) is 19.3 Å². The van der Waals surface area contributed by atoms with Gasteiger partial charge in [0.25, 0.3) is 0 Å². The van der Waals surface area contributed by atoms with Crippen molar-refractivity contribution in [3.05, 3.63) is 59.3 Å². The van der Waals surface area contributed by atoms with Crippen molar-refractivity contribution in [3.63, 3.8) is 0 Å². The number of amides is 1. The summed E-state index contributed by atoms with van der Waals surface area (Å²) in [4.78, 5) is 12.9. The molecule has 0 radical (unpaired) electrons. The van der Waals surface area contributed by atoms with Crippen molar-refractivity contribution in [2.45, 2.75) is 32.1 Å². The Morgan fingerprint density at radius 2 is 1.77 bits per heavy atom. The normalized spacial score (nSPS) is 12.4. The molecule has 3 aromatic rings. The summed E-state index contributed by atoms with van der Waals surface area (Å²) in [6.45, 7) is 0. The SMILES string of the molecule is COc1ccc(CCC(=O)Nc2c3c(nn2-c2ccccc2)CCC3)c(OC)c1OC. The number of methoxy groups -OCH3 is 3. The van der Waals surface area contributed by atoms with Crippen LogP contribution in [0.2, 0.25) is 0 Å². The van der Waals surface area contributed by atoms with Crippen molar-refractivity contribution < 1.29 is 19.0 Å². The zero-order valence-corrected chi connectivity index (χ0v) is 18.1. The van der Waals surface area contributed by atoms with E-state index in [9.17, 15) is 4.79 Å². The van der Waals surface area contributed by atoms with E-state index in [1.54, 1.807) is 21.3 Å². The molecule has 7 nitrogen and oxygen atoms in total. The monoisotopic (exact) mass is 421 g/mol. The van der Waals surface area contributed by atoms with E-state index in [1.165, 1.54) is 0 Å². The lowest BCUT2D eigenvalue weighted by atomic mass is 10.1. The fourth-order valence-electron chi connectivity index (χ4n) is 4.08. The summed E-state index contributed by atoms with van der Waals surface area (Å²) < 4.78 is 18.2. The van der Waals surface area contributed by atoms with Gasteiger partial charge in [0.2, 0.25) is 11.7 Å². The molecule has 1 aliphatic carbocycles. The lowest BCUT2D eigenvalue weighted by Crippen LogP contribution is -2.17. The third-order valence-electron chi connectivity index (χ3n) is 5.57. The maximum atomic E-state index is 12.9. The van der Waals surface area contributed by atoms with E-state index in [1.807, 2.05) is 47.1 Å². The molecule has 1 amide bonds. The van der Waals surface area contributed by atoms with Crippen LogP contribution in [-0.4, -0.2) is 37.0 Å². The molecule has 2 aromatic carbocycles. The molecule has 0 fully saturated rings. The van der Waals surface area contributed by atoms with E-state index in [0.717, 1.165) is 47.6 Å². The van der Waals surface area contributed by atoms with Gasteiger partial charge >= 0.3 is 0 Å². The number of hydrogen-bond acceptors (Lipinski definition) is 5. The minimum atomic E-state index is -0.0661. The number of aromatic nitrogens is 2. The molecule has 1 heterocycles. The standard InChI is InChI=1S/C24H27N3O4/c1-29-20-14-12-16(22(30-2)23(20)31-3)13-15-21(28)25-24-18-10-7-11-19(18)26-27(24)17-8-5-4-6-9-17/h4-6,8-9,12,14H,7,10-11,13,15H2,1-3H3,(H,25,28). The first-order chi connectivity index (χ1) is 15.2. The largest absolute Gasteiger partial charge is 0.493 e. The molecule has 0 saturated carbocycles. The Morgan fingerprint density at radius 1 is 1.00 bits per heavy atom. The molecule has 0 unspecified atom stereocenters. The summed E-state index contributed by atoms with van der Waals surface area (Å²) in [7, 11) is 4.74. The van der Waals surface area contributed by atoms with Gasteiger partial charge in [-0.15, -0.1) is 0 Å². The Balaban J connectivity index is 1.53. The van der Waals surface area contributed by atoms with Crippen molar-refractivity contribution in [2.24, 2.45) is 0 Å². The lowest BCUT2D eigenvalue weighted by molar-refractivity contribution is -0.116. The smallest absolute Gasteiger partial charge is 0.225 e. The number of nitrogens with one attached hydrogen (secondary N) is 1. The molecule has 7 heteroatoms. The van der Waals surface area contributed by atoms with Crippen LogP contribution in [0.5, 0.6) is 17.2 Å². The Hall–Kier alpha value is -3.48. The third kappa shape index (κ3) is 4.08. The van der Waals surface area contributed by atoms with Crippen LogP contribution < -0.4 is 19.5 Å². The number of rotatable bonds is 8. The fourth-order valence-corrected chi connectivity index (χ4v) is 4.08. The van der Waals surface area contributed by atoms with Gasteiger partial charge in [-0.25, -0.2) is 4.68 Å². The molecule has 31 heavy (non-hydrogen) atoms. The molecule has 0 aliphatic heterocycles. The highest BCUT2D eigenvalue weighted by atomic mass is 16.5. The van der Waals surface area contributed by atoms with Crippen molar-refractivity contribution in [1.82, 2.24) is 9.78 Å². The number of hydrogen-bond donors (Lipinski definition) is 1. The second-order valence-electron chi connectivity index (χ2n) is 7.42. The van der Waals surface area contributed by atoms with Gasteiger partial charge in [0.1, 0.15) is 5.82 Å². The predicted molar refractivity (Wildman–Crippen MR) is 119 cm³/mol. The van der Waals surface area contributed by atoms with E-state index >= 15 is 0 Å². The maximum absolute atomic E-state index is 12.9. The Kier molecular flexibility index (Phi) is 6.11. The molecule has 4 rings (SSSR count). The Labute approximate surface area is 181 Å². The van der Waals surface area contributed by atoms with Gasteiger partial charge in [0.05, 0.1) is 32.7 Å². The molecule has 0 spiro atoms. The number of fused-ring (bicyclic) bond motifs is 1. The molecule has 1 aliphatic rings. The van der Waals surface area contributed by atoms with Crippen LogP contribution in [0.4, 0.5) is 5.82 Å². The highest BCUT2D eigenvalue weighted by Gasteiger charge is 2.24. The summed E-state index contributed by atoms with van der Waals surface area (Å²) >= 11 is 0. The summed E-state index contributed by atoms with van der Waals surface area (Å²) in [5.41, 5.74) is 4.03. The third-order valence-corrected chi connectivity index (χ3v) is 5.57. The van der Waals surface area contributed by atoms with Gasteiger partial charge in [0, 0.05) is 12.0 Å². The van der Waals surface area contributed by atoms with Crippen LogP contribution in [0.3, 0.4) is 0 Å². The van der Waals surface area contributed by atoms with Crippen molar-refractivity contribution in [2.75, 3.05) is 26.6 Å². The summed E-state index contributed by atoms with van der Waals surface area (Å²) in [5.74, 6) is 2.43. The molecular weight excluding hydrogens is 394 g/mol. The predicted octanol–water partition coefficient (Wildman–Crippen LogP) is 3.96. The van der Waals surface area contributed by atoms with Crippen molar-refractivity contribution >= 4 is 11.7 Å². The van der Waals surface area contributed by atoms with Gasteiger partial charge in [-0.1, -0.05) is 24.3 Å². The quantitative estimate of drug-likeness (QED) is 0.596. The van der Waals surface area contributed by atoms with Crippen LogP contribution in [0.15, 0.2) is 42.5 Å². The molecule has 1 aromatic heterocycles. The average Bonchev–Trinajstić information content (AvgIpc) is 3.40. The first kappa shape index (κ1) is 20.8. The number of ether oxygens (including phenoxy) is 3. The first-order valence-corrected chi connectivity index (χ1v) is 10.4. The summed E-state index contributed by atoms with van der Waals surface area (Å²) in [6, 6.07) is 13.6. The van der Waals surface area contributed by atoms with Crippen molar-refractivity contribution in [3.8, 4) is 22.9 Å². The molecule has 0 saturated heterocycles. The molecule has 0 atom stereocenters. The molecule has 0 bridgehead atoms. The Morgan fingerprint density at radius 3 is 2.48 bits per heavy atom. The number of benzene rings is 2. The second-order valence-corrected chi connectivity index (χ2v) is 7.42. The van der Waals surface area contributed by atoms with Gasteiger partial charge in [-0.05, 0) is 49.4 Å². The fraction of sp³-hybridized carbons (Fsp3) is 0.333. The molecule has 1 N–H and O–H groups in total. The topological polar surface area (TPSA) is 74.6 Å². The van der Waals surface area contributed by atoms with E-state index in [2.05, 4.69) is 5.32 Å². The Bertz CT molecular complexity index is 1080. The van der Waals surface area contributed by atoms with Crippen LogP contribution in [0.25, 0.3) is 5.69 Å². The minimum Gasteiger partial charge on any atom is -0.493 e. The number of nitrogens with zero attached hydrogens (tertiary/aromatic N) is 2. The highest BCUT2D eigenvalue weighted by Crippen LogP contribution is 2.40. The van der Waals surface area contributed by atoms with Gasteiger partial charge in [-0.3, -0.25) is 4.79 Å². The maximum Gasteiger partial charge on any atom is 0.225 e. The first-order valence-electron chi connectivity index (χ1n) is 10.4. The lowest BCUT2D eigenvalue weighted by Gasteiger charge is -2.16. The minimum absolute atomic E-state index is 0.0661. The van der Waals surface area contributed by atoms with Gasteiger partial charge < -0.3 is 19.5 Å². The number of carbonyl (C=O) groups is 1. The van der Waals surface area contributed by atoms with E-state index in [0.29, 0.717) is 30.1 Å². The van der Waals surface area contributed by atoms with Crippen molar-refractivity contribution in [1.29, 1.82) is 0 Å². The van der Waals surface area contributed by atoms with Crippen LogP contribution >= 0.6 is 0 Å². The van der Waals surface area contributed by atoms with E-state index in [-0.39, 0.29) is 5.91 Å². The number of aryl methyl sites for hydroxylation is 2. The van der Waals surface area contributed by atoms with Crippen LogP contribution in [0, 0.1) is 0 Å². The zero-order chi connectivity index (χ0) is 21.8. The molecular formula is C24H27N3O4. The summed E-state index contributed by atoms with van der Waals surface area (Å²) in [5, 5.41) is 7.87. The molecule has 162 valence electrons. The van der Waals surface area contributed by atoms with Crippen LogP contribution in [-0.2, 0) is 24.1 Å². The number of anilines is 1. The zero-order valence-electron chi connectivity index (χ0n) is 18.1. The highest BCUT2D eigenvalue weighted by molar-refractivity contribution is 5.91. The number of carbonyl (C=O) groups excluding carboxylic acids is 1. The summed E-state index contributed by atoms with van der Waals surface area (Å²) in [6.07, 6.45) is 3.76. The van der Waals surface area contributed by atoms with E-state index < -0.39 is 0 Å². The van der Waals surface area contributed by atoms with Gasteiger partial charge in [-0.2, -0.15) is 5.10 Å². The van der Waals surface area contributed by atoms with Crippen LogP contribution in [0.1, 0.15) is 29.7 Å². The number of para-hydroxylation sites is 1. The average molecular weight is 421 g/mol. The van der Waals surface area contributed by atoms with Gasteiger partial charge in [0.15, 0.2) is 11.5 Å². The second kappa shape index (κ2) is 9.12.